The van der Waals surface area contributed by atoms with Crippen LogP contribution in [0.15, 0.2) is 23.0 Å². The topological polar surface area (TPSA) is 113 Å². The number of hydrogen-bond acceptors (Lipinski definition) is 6. The fraction of sp³-hybridized carbons (Fsp3) is 0.286. The van der Waals surface area contributed by atoms with E-state index in [0.29, 0.717) is 17.3 Å². The number of carbonyl (C=O) groups excluding carboxylic acids is 1. The molecule has 0 unspecified atom stereocenters. The molecule has 130 valence electrons. The Morgan fingerprint density at radius 3 is 2.64 bits per heavy atom. The summed E-state index contributed by atoms with van der Waals surface area (Å²) in [5.74, 6) is -0.211. The van der Waals surface area contributed by atoms with E-state index < -0.39 is 17.4 Å². The Balaban J connectivity index is 1.82. The van der Waals surface area contributed by atoms with Gasteiger partial charge in [0.2, 0.25) is 5.91 Å². The minimum atomic E-state index is -0.618. The maximum absolute atomic E-state index is 14.0. The number of amides is 1. The second-order valence-corrected chi connectivity index (χ2v) is 5.40. The van der Waals surface area contributed by atoms with E-state index >= 15 is 0 Å². The van der Waals surface area contributed by atoms with Gasteiger partial charge in [0.05, 0.1) is 11.4 Å². The van der Waals surface area contributed by atoms with Crippen LogP contribution in [0.1, 0.15) is 11.6 Å². The molecular formula is C14H15FN8O2. The van der Waals surface area contributed by atoms with E-state index in [0.717, 1.165) is 4.68 Å². The summed E-state index contributed by atoms with van der Waals surface area (Å²) in [6, 6.07) is 4.09. The van der Waals surface area contributed by atoms with Crippen LogP contribution in [0.4, 0.5) is 10.1 Å². The zero-order valence-corrected chi connectivity index (χ0v) is 13.8. The van der Waals surface area contributed by atoms with Crippen molar-refractivity contribution in [3.05, 3.63) is 46.1 Å². The fourth-order valence-electron chi connectivity index (χ4n) is 2.24. The number of aromatic nitrogens is 7. The lowest BCUT2D eigenvalue weighted by atomic mass is 10.2. The molecule has 3 aromatic rings. The molecule has 0 saturated carbocycles. The van der Waals surface area contributed by atoms with Crippen molar-refractivity contribution in [3.63, 3.8) is 0 Å². The van der Waals surface area contributed by atoms with Crippen LogP contribution in [0, 0.1) is 19.7 Å². The first kappa shape index (κ1) is 16.5. The molecule has 0 radical (unpaired) electrons. The van der Waals surface area contributed by atoms with Crippen molar-refractivity contribution in [3.8, 4) is 5.69 Å². The van der Waals surface area contributed by atoms with Crippen molar-refractivity contribution in [1.29, 1.82) is 0 Å². The van der Waals surface area contributed by atoms with Crippen LogP contribution in [-0.2, 0) is 18.4 Å². The highest BCUT2D eigenvalue weighted by Gasteiger charge is 2.14. The molecule has 0 fully saturated rings. The Kier molecular flexibility index (Phi) is 4.13. The van der Waals surface area contributed by atoms with E-state index in [1.165, 1.54) is 27.4 Å². The van der Waals surface area contributed by atoms with Crippen LogP contribution in [-0.4, -0.2) is 40.5 Å². The molecule has 0 spiro atoms. The van der Waals surface area contributed by atoms with Gasteiger partial charge in [-0.15, -0.1) is 5.10 Å². The summed E-state index contributed by atoms with van der Waals surface area (Å²) >= 11 is 0. The van der Waals surface area contributed by atoms with E-state index in [1.54, 1.807) is 20.9 Å². The summed E-state index contributed by atoms with van der Waals surface area (Å²) < 4.78 is 17.7. The summed E-state index contributed by atoms with van der Waals surface area (Å²) in [5, 5.41) is 17.5. The van der Waals surface area contributed by atoms with Crippen LogP contribution < -0.4 is 11.0 Å². The lowest BCUT2D eigenvalue weighted by Gasteiger charge is -2.09. The Hall–Kier alpha value is -3.37. The third kappa shape index (κ3) is 3.16. The summed E-state index contributed by atoms with van der Waals surface area (Å²) in [5.41, 5.74) is 0.0225. The van der Waals surface area contributed by atoms with Gasteiger partial charge in [0, 0.05) is 7.05 Å². The molecule has 0 atom stereocenters. The summed E-state index contributed by atoms with van der Waals surface area (Å²) in [7, 11) is 1.55. The molecule has 0 aliphatic heterocycles. The van der Waals surface area contributed by atoms with Gasteiger partial charge in [-0.2, -0.15) is 9.78 Å². The van der Waals surface area contributed by atoms with Crippen molar-refractivity contribution in [1.82, 2.24) is 34.6 Å². The quantitative estimate of drug-likeness (QED) is 0.709. The van der Waals surface area contributed by atoms with E-state index in [4.69, 9.17) is 0 Å². The number of carbonyl (C=O) groups is 1. The van der Waals surface area contributed by atoms with E-state index in [9.17, 15) is 14.0 Å². The van der Waals surface area contributed by atoms with Gasteiger partial charge < -0.3 is 5.32 Å². The number of aryl methyl sites for hydroxylation is 2. The monoisotopic (exact) mass is 346 g/mol. The summed E-state index contributed by atoms with van der Waals surface area (Å²) in [4.78, 5) is 24.0. The first-order valence-corrected chi connectivity index (χ1v) is 7.32. The van der Waals surface area contributed by atoms with Gasteiger partial charge in [-0.1, -0.05) is 0 Å². The van der Waals surface area contributed by atoms with Crippen molar-refractivity contribution in [2.24, 2.45) is 7.05 Å². The highest BCUT2D eigenvalue weighted by atomic mass is 19.1. The molecule has 3 rings (SSSR count). The third-order valence-corrected chi connectivity index (χ3v) is 3.65. The highest BCUT2D eigenvalue weighted by Crippen LogP contribution is 2.19. The minimum Gasteiger partial charge on any atom is -0.322 e. The number of nitrogens with one attached hydrogen (secondary N) is 1. The molecule has 1 amide bonds. The average Bonchev–Trinajstić information content (AvgIpc) is 3.09. The number of benzene rings is 1. The lowest BCUT2D eigenvalue weighted by Crippen LogP contribution is -2.29. The molecule has 1 aromatic carbocycles. The molecule has 2 heterocycles. The van der Waals surface area contributed by atoms with Crippen molar-refractivity contribution >= 4 is 11.6 Å². The fourth-order valence-corrected chi connectivity index (χ4v) is 2.24. The SMILES string of the molecule is Cc1nnnn1-c1ccc(F)c(NC(=O)Cn2nc(C)n(C)c2=O)c1. The maximum Gasteiger partial charge on any atom is 0.346 e. The Morgan fingerprint density at radius 1 is 1.28 bits per heavy atom. The number of rotatable bonds is 4. The number of tetrazole rings is 1. The van der Waals surface area contributed by atoms with Gasteiger partial charge in [0.1, 0.15) is 18.2 Å². The largest absolute Gasteiger partial charge is 0.346 e. The van der Waals surface area contributed by atoms with E-state index in [1.807, 2.05) is 0 Å². The normalized spacial score (nSPS) is 10.9. The third-order valence-electron chi connectivity index (χ3n) is 3.65. The predicted octanol–water partition coefficient (Wildman–Crippen LogP) is -0.0479. The van der Waals surface area contributed by atoms with Gasteiger partial charge in [0.15, 0.2) is 5.82 Å². The van der Waals surface area contributed by atoms with Gasteiger partial charge in [-0.3, -0.25) is 9.36 Å². The standard InChI is InChI=1S/C14H15FN8O2/c1-8-17-19-20-23(8)10-4-5-11(15)12(6-10)16-13(24)7-22-14(25)21(3)9(2)18-22/h4-6H,7H2,1-3H3,(H,16,24). The molecule has 25 heavy (non-hydrogen) atoms. The molecule has 1 N–H and O–H groups in total. The Morgan fingerprint density at radius 2 is 2.04 bits per heavy atom. The number of nitrogens with zero attached hydrogens (tertiary/aromatic N) is 7. The van der Waals surface area contributed by atoms with Crippen molar-refractivity contribution in [2.45, 2.75) is 20.4 Å². The number of halogens is 1. The van der Waals surface area contributed by atoms with Gasteiger partial charge in [0.25, 0.3) is 0 Å². The Labute approximate surface area is 140 Å². The molecule has 0 aliphatic carbocycles. The first-order chi connectivity index (χ1) is 11.9. The predicted molar refractivity (Wildman–Crippen MR) is 84.7 cm³/mol. The summed E-state index contributed by atoms with van der Waals surface area (Å²) in [6.07, 6.45) is 0. The second kappa shape index (κ2) is 6.26. The van der Waals surface area contributed by atoms with Crippen molar-refractivity contribution in [2.75, 3.05) is 5.32 Å². The van der Waals surface area contributed by atoms with Gasteiger partial charge in [-0.05, 0) is 42.5 Å². The van der Waals surface area contributed by atoms with Gasteiger partial charge >= 0.3 is 5.69 Å². The van der Waals surface area contributed by atoms with E-state index in [2.05, 4.69) is 25.9 Å². The number of anilines is 1. The average molecular weight is 346 g/mol. The summed E-state index contributed by atoms with van der Waals surface area (Å²) in [6.45, 7) is 3.01. The lowest BCUT2D eigenvalue weighted by molar-refractivity contribution is -0.117. The highest BCUT2D eigenvalue weighted by molar-refractivity contribution is 5.90. The zero-order valence-electron chi connectivity index (χ0n) is 13.8. The van der Waals surface area contributed by atoms with Crippen molar-refractivity contribution < 1.29 is 9.18 Å². The van der Waals surface area contributed by atoms with Crippen LogP contribution in [0.3, 0.4) is 0 Å². The van der Waals surface area contributed by atoms with Crippen LogP contribution in [0.25, 0.3) is 5.69 Å². The second-order valence-electron chi connectivity index (χ2n) is 5.40. The smallest absolute Gasteiger partial charge is 0.322 e. The Bertz CT molecular complexity index is 1000. The molecule has 0 saturated heterocycles. The molecule has 0 aliphatic rings. The van der Waals surface area contributed by atoms with Crippen LogP contribution in [0.2, 0.25) is 0 Å². The molecular weight excluding hydrogens is 331 g/mol. The molecule has 11 heteroatoms. The number of hydrogen-bond donors (Lipinski definition) is 1. The first-order valence-electron chi connectivity index (χ1n) is 7.32. The minimum absolute atomic E-state index is 0.0434. The maximum atomic E-state index is 14.0. The molecule has 10 nitrogen and oxygen atoms in total. The van der Waals surface area contributed by atoms with Crippen LogP contribution in [0.5, 0.6) is 0 Å². The molecule has 0 bridgehead atoms. The van der Waals surface area contributed by atoms with E-state index in [-0.39, 0.29) is 12.2 Å². The molecule has 2 aromatic heterocycles. The zero-order chi connectivity index (χ0) is 18.1. The van der Waals surface area contributed by atoms with Gasteiger partial charge in [-0.25, -0.2) is 13.9 Å². The van der Waals surface area contributed by atoms with Crippen LogP contribution >= 0.6 is 0 Å².